The van der Waals surface area contributed by atoms with E-state index in [1.54, 1.807) is 27.2 Å². The predicted octanol–water partition coefficient (Wildman–Crippen LogP) is 3.28. The van der Waals surface area contributed by atoms with Crippen molar-refractivity contribution in [1.82, 2.24) is 4.98 Å². The molecule has 20 heavy (non-hydrogen) atoms. The van der Waals surface area contributed by atoms with Gasteiger partial charge < -0.3 is 10.2 Å². The molecule has 0 saturated carbocycles. The molecule has 0 spiro atoms. The summed E-state index contributed by atoms with van der Waals surface area (Å²) in [5, 5.41) is 17.6. The molecule has 0 saturated heterocycles. The van der Waals surface area contributed by atoms with Gasteiger partial charge in [-0.2, -0.15) is 0 Å². The van der Waals surface area contributed by atoms with Gasteiger partial charge in [0.2, 0.25) is 0 Å². The quantitative estimate of drug-likeness (QED) is 0.506. The zero-order valence-electron chi connectivity index (χ0n) is 12.9. The molecule has 114 valence electrons. The van der Waals surface area contributed by atoms with Gasteiger partial charge in [0.25, 0.3) is 0 Å². The second kappa shape index (κ2) is 15.3. The second-order valence-corrected chi connectivity index (χ2v) is 9.05. The third kappa shape index (κ3) is 10.6. The summed E-state index contributed by atoms with van der Waals surface area (Å²) in [4.78, 5) is 4.00. The van der Waals surface area contributed by atoms with Crippen LogP contribution in [0.25, 0.3) is 0 Å². The minimum absolute atomic E-state index is 0.0620. The number of nitrogens with zero attached hydrogens (tertiary/aromatic N) is 1. The third-order valence-corrected chi connectivity index (χ3v) is 7.00. The van der Waals surface area contributed by atoms with Crippen LogP contribution in [0.5, 0.6) is 0 Å². The van der Waals surface area contributed by atoms with Gasteiger partial charge in [-0.25, -0.2) is 0 Å². The minimum Gasteiger partial charge on any atom is -0.396 e. The van der Waals surface area contributed by atoms with Crippen molar-refractivity contribution >= 4 is 21.1 Å². The molecule has 0 fully saturated rings. The van der Waals surface area contributed by atoms with Crippen molar-refractivity contribution in [1.29, 1.82) is 0 Å². The van der Waals surface area contributed by atoms with Crippen LogP contribution in [0.15, 0.2) is 24.4 Å². The van der Waals surface area contributed by atoms with Crippen LogP contribution in [0, 0.1) is 0 Å². The molecule has 0 aliphatic carbocycles. The van der Waals surface area contributed by atoms with Crippen LogP contribution in [-0.4, -0.2) is 49.6 Å². The zero-order chi connectivity index (χ0) is 15.1. The summed E-state index contributed by atoms with van der Waals surface area (Å²) in [7, 11) is 0. The van der Waals surface area contributed by atoms with E-state index >= 15 is 0 Å². The molecule has 2 N–H and O–H groups in total. The maximum atomic E-state index is 8.78. The molecule has 0 amide bonds. The van der Waals surface area contributed by atoms with Gasteiger partial charge in [-0.1, -0.05) is 6.07 Å². The number of hydrogen-bond acceptors (Lipinski definition) is 3. The first-order chi connectivity index (χ1) is 9.79. The van der Waals surface area contributed by atoms with Crippen molar-refractivity contribution in [2.45, 2.75) is 54.3 Å². The molecule has 3 nitrogen and oxygen atoms in total. The van der Waals surface area contributed by atoms with Crippen molar-refractivity contribution in [3.63, 3.8) is 0 Å². The van der Waals surface area contributed by atoms with Gasteiger partial charge in [-0.15, -0.1) is 0 Å². The van der Waals surface area contributed by atoms with Crippen LogP contribution in [0.4, 0.5) is 0 Å². The second-order valence-electron chi connectivity index (χ2n) is 4.77. The Bertz CT molecular complexity index is 286. The first kappa shape index (κ1) is 19.9. The Morgan fingerprint density at radius 2 is 1.65 bits per heavy atom. The smallest absolute Gasteiger partial charge is 0.0537 e. The number of pyridine rings is 1. The van der Waals surface area contributed by atoms with Gasteiger partial charge >= 0.3 is 69.5 Å². The Kier molecular flexibility index (Phi) is 15.2. The van der Waals surface area contributed by atoms with Gasteiger partial charge in [-0.3, -0.25) is 4.98 Å². The minimum atomic E-state index is -0.240. The van der Waals surface area contributed by atoms with Crippen molar-refractivity contribution in [2.24, 2.45) is 0 Å². The number of unbranched alkanes of at least 4 members (excludes halogenated alkanes) is 2. The fourth-order valence-corrected chi connectivity index (χ4v) is 5.75. The molecule has 0 aliphatic rings. The van der Waals surface area contributed by atoms with E-state index < -0.39 is 0 Å². The molecule has 4 heteroatoms. The molecule has 1 aromatic rings. The van der Waals surface area contributed by atoms with Gasteiger partial charge in [0.1, 0.15) is 0 Å². The summed E-state index contributed by atoms with van der Waals surface area (Å²) in [6.45, 7) is 4.46. The van der Waals surface area contributed by atoms with Crippen LogP contribution in [0.1, 0.15) is 51.1 Å². The molecule has 0 aromatic carbocycles. The molecule has 0 aliphatic heterocycles. The number of hydrogen-bond donors (Lipinski definition) is 2. The maximum absolute atomic E-state index is 8.78. The Balaban J connectivity index is 0.000000370. The first-order valence-corrected chi connectivity index (χ1v) is 11.7. The van der Waals surface area contributed by atoms with Crippen molar-refractivity contribution in [3.8, 4) is 0 Å². The summed E-state index contributed by atoms with van der Waals surface area (Å²) < 4.78 is 3.25. The third-order valence-electron chi connectivity index (χ3n) is 2.96. The Hall–Kier alpha value is -0.131. The molecule has 1 aromatic heterocycles. The van der Waals surface area contributed by atoms with Crippen LogP contribution >= 0.6 is 0 Å². The predicted molar refractivity (Wildman–Crippen MR) is 86.3 cm³/mol. The maximum Gasteiger partial charge on any atom is 0.0537 e. The summed E-state index contributed by atoms with van der Waals surface area (Å²) in [5.41, 5.74) is 0.734. The molecular formula is C16H29NO2Sn. The van der Waals surface area contributed by atoms with E-state index in [9.17, 15) is 0 Å². The first-order valence-electron chi connectivity index (χ1n) is 7.63. The number of rotatable bonds is 9. The van der Waals surface area contributed by atoms with E-state index in [0.717, 1.165) is 5.69 Å². The average molecular weight is 386 g/mol. The van der Waals surface area contributed by atoms with Gasteiger partial charge in [0.15, 0.2) is 0 Å². The van der Waals surface area contributed by atoms with Gasteiger partial charge in [0, 0.05) is 17.8 Å². The van der Waals surface area contributed by atoms with E-state index in [1.165, 1.54) is 25.7 Å². The molecule has 1 heterocycles. The van der Waals surface area contributed by atoms with E-state index in [-0.39, 0.29) is 40.3 Å². The number of aromatic nitrogens is 1. The fourth-order valence-electron chi connectivity index (χ4n) is 1.59. The van der Waals surface area contributed by atoms with E-state index in [2.05, 4.69) is 18.8 Å². The van der Waals surface area contributed by atoms with Crippen LogP contribution in [0.2, 0.25) is 8.87 Å². The molecule has 1 rings (SSSR count). The van der Waals surface area contributed by atoms with Crippen LogP contribution in [-0.2, 0) is 0 Å². The summed E-state index contributed by atoms with van der Waals surface area (Å²) in [6.07, 6.45) is 7.49. The van der Waals surface area contributed by atoms with E-state index in [1.807, 2.05) is 6.07 Å². The monoisotopic (exact) mass is 387 g/mol. The largest absolute Gasteiger partial charge is 0.396 e. The van der Waals surface area contributed by atoms with E-state index in [0.29, 0.717) is 0 Å². The van der Waals surface area contributed by atoms with Crippen molar-refractivity contribution in [3.05, 3.63) is 30.1 Å². The van der Waals surface area contributed by atoms with Crippen molar-refractivity contribution in [2.75, 3.05) is 13.2 Å². The topological polar surface area (TPSA) is 53.4 Å². The molecular weight excluding hydrogens is 357 g/mol. The molecule has 0 atom stereocenters. The molecule has 2 radical (unpaired) electrons. The average Bonchev–Trinajstić information content (AvgIpc) is 2.50. The van der Waals surface area contributed by atoms with Crippen molar-refractivity contribution < 1.29 is 10.2 Å². The Morgan fingerprint density at radius 1 is 1.05 bits per heavy atom. The van der Waals surface area contributed by atoms with Crippen LogP contribution < -0.4 is 0 Å². The normalized spacial score (nSPS) is 10.2. The number of aliphatic hydroxyl groups is 2. The SMILES string of the molecule is CCC[CH2][Sn][CH2]CCC.OCC(CO)c1ccccn1. The fraction of sp³-hybridized carbons (Fsp3) is 0.688. The number of aliphatic hydroxyl groups excluding tert-OH is 2. The molecule has 0 bridgehead atoms. The van der Waals surface area contributed by atoms with Gasteiger partial charge in [0.05, 0.1) is 13.2 Å². The summed E-state index contributed by atoms with van der Waals surface area (Å²) >= 11 is 0.149. The van der Waals surface area contributed by atoms with Crippen LogP contribution in [0.3, 0.4) is 0 Å². The summed E-state index contributed by atoms with van der Waals surface area (Å²) in [5.74, 6) is -0.240. The zero-order valence-corrected chi connectivity index (χ0v) is 15.7. The Labute approximate surface area is 134 Å². The summed E-state index contributed by atoms with van der Waals surface area (Å²) in [6, 6.07) is 5.42. The Morgan fingerprint density at radius 3 is 2.05 bits per heavy atom. The van der Waals surface area contributed by atoms with Gasteiger partial charge in [-0.05, 0) is 12.1 Å². The standard InChI is InChI=1S/C8H11NO2.2C4H9.Sn/c10-5-7(6-11)8-3-1-2-4-9-8;2*1-3-4-2;/h1-4,7,10-11H,5-6H2;2*1,3-4H2,2H3;. The molecule has 0 unspecified atom stereocenters. The van der Waals surface area contributed by atoms with E-state index in [4.69, 9.17) is 10.2 Å².